The number of aliphatic carboxylic acids is 1. The summed E-state index contributed by atoms with van der Waals surface area (Å²) >= 11 is 0. The summed E-state index contributed by atoms with van der Waals surface area (Å²) in [7, 11) is 2.91. The number of carbonyl (C=O) groups is 2. The van der Waals surface area contributed by atoms with E-state index in [1.165, 1.54) is 14.2 Å². The molecule has 5 heteroatoms. The molecule has 1 aliphatic carbocycles. The summed E-state index contributed by atoms with van der Waals surface area (Å²) in [6, 6.07) is 4.99. The van der Waals surface area contributed by atoms with Crippen LogP contribution < -0.4 is 9.47 Å². The van der Waals surface area contributed by atoms with Gasteiger partial charge in [0, 0.05) is 0 Å². The highest BCUT2D eigenvalue weighted by atomic mass is 16.5. The van der Waals surface area contributed by atoms with E-state index in [9.17, 15) is 14.7 Å². The van der Waals surface area contributed by atoms with E-state index in [-0.39, 0.29) is 11.5 Å². The van der Waals surface area contributed by atoms with Crippen molar-refractivity contribution in [2.45, 2.75) is 25.7 Å². The van der Waals surface area contributed by atoms with Crippen LogP contribution in [0.4, 0.5) is 0 Å². The van der Waals surface area contributed by atoms with Crippen LogP contribution in [0.1, 0.15) is 36.0 Å². The second kappa shape index (κ2) is 6.61. The summed E-state index contributed by atoms with van der Waals surface area (Å²) in [6.45, 7) is 0. The lowest BCUT2D eigenvalue weighted by Crippen LogP contribution is -2.30. The van der Waals surface area contributed by atoms with Crippen molar-refractivity contribution in [2.75, 3.05) is 14.2 Å². The molecule has 114 valence electrons. The van der Waals surface area contributed by atoms with Gasteiger partial charge in [-0.15, -0.1) is 0 Å². The molecule has 0 saturated heterocycles. The third kappa shape index (κ3) is 3.01. The first kappa shape index (κ1) is 15.4. The lowest BCUT2D eigenvalue weighted by Gasteiger charge is -2.20. The molecule has 1 aliphatic rings. The fourth-order valence-electron chi connectivity index (χ4n) is 3.07. The van der Waals surface area contributed by atoms with Crippen molar-refractivity contribution >= 4 is 11.8 Å². The van der Waals surface area contributed by atoms with Crippen LogP contribution in [0.25, 0.3) is 0 Å². The van der Waals surface area contributed by atoms with Crippen LogP contribution in [0.2, 0.25) is 0 Å². The van der Waals surface area contributed by atoms with Crippen molar-refractivity contribution in [1.82, 2.24) is 0 Å². The molecule has 0 bridgehead atoms. The molecule has 1 unspecified atom stereocenters. The molecule has 0 spiro atoms. The summed E-state index contributed by atoms with van der Waals surface area (Å²) < 4.78 is 10.4. The van der Waals surface area contributed by atoms with E-state index in [4.69, 9.17) is 9.47 Å². The van der Waals surface area contributed by atoms with Gasteiger partial charge in [0.1, 0.15) is 23.0 Å². The highest BCUT2D eigenvalue weighted by Gasteiger charge is 2.39. The third-order valence-electron chi connectivity index (χ3n) is 4.09. The average molecular weight is 292 g/mol. The lowest BCUT2D eigenvalue weighted by molar-refractivity contribution is -0.141. The van der Waals surface area contributed by atoms with Crippen LogP contribution >= 0.6 is 0 Å². The molecule has 1 aromatic rings. The van der Waals surface area contributed by atoms with Gasteiger partial charge in [0.2, 0.25) is 0 Å². The standard InChI is InChI=1S/C16H20O5/c1-20-11-8-5-9-12(21-2)14(11)15(17)13(16(18)19)10-6-3-4-7-10/h5,8-10,13H,3-4,6-7H2,1-2H3,(H,18,19). The Morgan fingerprint density at radius 1 is 1.14 bits per heavy atom. The van der Waals surface area contributed by atoms with Crippen molar-refractivity contribution in [1.29, 1.82) is 0 Å². The minimum atomic E-state index is -1.07. The molecule has 1 aromatic carbocycles. The van der Waals surface area contributed by atoms with Crippen LogP contribution in [0.5, 0.6) is 11.5 Å². The highest BCUT2D eigenvalue weighted by molar-refractivity contribution is 6.11. The Morgan fingerprint density at radius 2 is 1.67 bits per heavy atom. The van der Waals surface area contributed by atoms with Crippen LogP contribution in [-0.4, -0.2) is 31.1 Å². The van der Waals surface area contributed by atoms with Gasteiger partial charge in [0.05, 0.1) is 14.2 Å². The fourth-order valence-corrected chi connectivity index (χ4v) is 3.07. The smallest absolute Gasteiger partial charge is 0.314 e. The Bertz CT molecular complexity index is 509. The number of hydrogen-bond acceptors (Lipinski definition) is 4. The van der Waals surface area contributed by atoms with Gasteiger partial charge < -0.3 is 14.6 Å². The maximum Gasteiger partial charge on any atom is 0.314 e. The molecule has 1 fully saturated rings. The number of ether oxygens (including phenoxy) is 2. The van der Waals surface area contributed by atoms with E-state index in [0.29, 0.717) is 11.5 Å². The van der Waals surface area contributed by atoms with Gasteiger partial charge in [0.25, 0.3) is 0 Å². The largest absolute Gasteiger partial charge is 0.496 e. The zero-order valence-electron chi connectivity index (χ0n) is 12.3. The molecule has 0 aliphatic heterocycles. The first-order valence-corrected chi connectivity index (χ1v) is 7.08. The van der Waals surface area contributed by atoms with Crippen molar-refractivity contribution in [2.24, 2.45) is 11.8 Å². The Morgan fingerprint density at radius 3 is 2.10 bits per heavy atom. The number of Topliss-reactive ketones (excluding diaryl/α,β-unsaturated/α-hetero) is 1. The Kier molecular flexibility index (Phi) is 4.83. The molecule has 0 amide bonds. The Hall–Kier alpha value is -2.04. The van der Waals surface area contributed by atoms with E-state index >= 15 is 0 Å². The summed E-state index contributed by atoms with van der Waals surface area (Å²) in [4.78, 5) is 24.4. The predicted octanol–water partition coefficient (Wildman–Crippen LogP) is 2.78. The zero-order valence-corrected chi connectivity index (χ0v) is 12.3. The minimum Gasteiger partial charge on any atom is -0.496 e. The van der Waals surface area contributed by atoms with E-state index in [2.05, 4.69) is 0 Å². The van der Waals surface area contributed by atoms with Crippen LogP contribution in [-0.2, 0) is 4.79 Å². The highest BCUT2D eigenvalue weighted by Crippen LogP contribution is 2.37. The number of methoxy groups -OCH3 is 2. The van der Waals surface area contributed by atoms with Crippen molar-refractivity contribution < 1.29 is 24.2 Å². The maximum absolute atomic E-state index is 12.8. The van der Waals surface area contributed by atoms with E-state index < -0.39 is 17.7 Å². The summed E-state index contributed by atoms with van der Waals surface area (Å²) in [5, 5.41) is 9.49. The molecular formula is C16H20O5. The molecule has 5 nitrogen and oxygen atoms in total. The normalized spacial score (nSPS) is 16.5. The lowest BCUT2D eigenvalue weighted by atomic mass is 9.84. The topological polar surface area (TPSA) is 72.8 Å². The van der Waals surface area contributed by atoms with E-state index in [1.54, 1.807) is 18.2 Å². The number of carboxylic acids is 1. The van der Waals surface area contributed by atoms with E-state index in [0.717, 1.165) is 25.7 Å². The van der Waals surface area contributed by atoms with Crippen molar-refractivity contribution in [3.63, 3.8) is 0 Å². The second-order valence-electron chi connectivity index (χ2n) is 5.26. The second-order valence-corrected chi connectivity index (χ2v) is 5.26. The quantitative estimate of drug-likeness (QED) is 0.644. The first-order valence-electron chi connectivity index (χ1n) is 7.08. The summed E-state index contributed by atoms with van der Waals surface area (Å²) in [6.07, 6.45) is 3.51. The zero-order chi connectivity index (χ0) is 15.4. The van der Waals surface area contributed by atoms with Gasteiger partial charge in [-0.05, 0) is 30.9 Å². The number of carboxylic acid groups (broad SMARTS) is 1. The molecule has 1 saturated carbocycles. The number of hydrogen-bond donors (Lipinski definition) is 1. The van der Waals surface area contributed by atoms with Crippen molar-refractivity contribution in [3.8, 4) is 11.5 Å². The molecule has 0 aromatic heterocycles. The third-order valence-corrected chi connectivity index (χ3v) is 4.09. The number of carbonyl (C=O) groups excluding carboxylic acids is 1. The SMILES string of the molecule is COc1cccc(OC)c1C(=O)C(C(=O)O)C1CCCC1. The minimum absolute atomic E-state index is 0.107. The van der Waals surface area contributed by atoms with Gasteiger partial charge in [-0.2, -0.15) is 0 Å². The molecule has 0 heterocycles. The van der Waals surface area contributed by atoms with Gasteiger partial charge in [0.15, 0.2) is 5.78 Å². The molecule has 2 rings (SSSR count). The Labute approximate surface area is 123 Å². The molecule has 21 heavy (non-hydrogen) atoms. The fraction of sp³-hybridized carbons (Fsp3) is 0.500. The monoisotopic (exact) mass is 292 g/mol. The van der Waals surface area contributed by atoms with Crippen molar-refractivity contribution in [3.05, 3.63) is 23.8 Å². The first-order chi connectivity index (χ1) is 10.1. The van der Waals surface area contributed by atoms with Gasteiger partial charge in [-0.1, -0.05) is 18.9 Å². The molecule has 0 radical (unpaired) electrons. The number of rotatable bonds is 6. The number of benzene rings is 1. The van der Waals surface area contributed by atoms with Crippen LogP contribution in [0.3, 0.4) is 0 Å². The number of ketones is 1. The maximum atomic E-state index is 12.8. The van der Waals surface area contributed by atoms with Gasteiger partial charge >= 0.3 is 5.97 Å². The molecular weight excluding hydrogens is 272 g/mol. The van der Waals surface area contributed by atoms with Crippen LogP contribution in [0.15, 0.2) is 18.2 Å². The molecule has 1 N–H and O–H groups in total. The average Bonchev–Trinajstić information content (AvgIpc) is 2.99. The van der Waals surface area contributed by atoms with E-state index in [1.807, 2.05) is 0 Å². The predicted molar refractivity (Wildman–Crippen MR) is 77.0 cm³/mol. The summed E-state index contributed by atoms with van der Waals surface area (Å²) in [5.74, 6) is -1.93. The Balaban J connectivity index is 2.43. The van der Waals surface area contributed by atoms with Gasteiger partial charge in [-0.25, -0.2) is 0 Å². The molecule has 1 atom stereocenters. The summed E-state index contributed by atoms with van der Waals surface area (Å²) in [5.41, 5.74) is 0.224. The van der Waals surface area contributed by atoms with Gasteiger partial charge in [-0.3, -0.25) is 9.59 Å². The van der Waals surface area contributed by atoms with Crippen LogP contribution in [0, 0.1) is 11.8 Å².